The molecular formula is C16H16ClFN2O2. The maximum Gasteiger partial charge on any atom is 0.262 e. The summed E-state index contributed by atoms with van der Waals surface area (Å²) in [6.45, 7) is -0.183. The van der Waals surface area contributed by atoms with Gasteiger partial charge in [-0.25, -0.2) is 4.39 Å². The number of amides is 1. The minimum absolute atomic E-state index is 0.0443. The van der Waals surface area contributed by atoms with Crippen LogP contribution >= 0.6 is 11.6 Å². The Morgan fingerprint density at radius 2 is 1.91 bits per heavy atom. The van der Waals surface area contributed by atoms with Crippen molar-refractivity contribution in [1.82, 2.24) is 0 Å². The van der Waals surface area contributed by atoms with Crippen molar-refractivity contribution in [1.29, 1.82) is 0 Å². The number of benzene rings is 2. The predicted octanol–water partition coefficient (Wildman–Crippen LogP) is 3.56. The molecule has 2 aromatic carbocycles. The summed E-state index contributed by atoms with van der Waals surface area (Å²) in [6.07, 6.45) is 0. The molecule has 0 heterocycles. The number of halogens is 2. The van der Waals surface area contributed by atoms with Gasteiger partial charge in [0.25, 0.3) is 5.91 Å². The third-order valence-corrected chi connectivity index (χ3v) is 3.22. The van der Waals surface area contributed by atoms with E-state index in [1.165, 1.54) is 18.2 Å². The van der Waals surface area contributed by atoms with E-state index in [9.17, 15) is 9.18 Å². The highest BCUT2D eigenvalue weighted by Crippen LogP contribution is 2.21. The number of rotatable bonds is 5. The summed E-state index contributed by atoms with van der Waals surface area (Å²) in [5, 5.41) is 2.67. The molecule has 0 unspecified atom stereocenters. The average Bonchev–Trinajstić information content (AvgIpc) is 2.49. The molecule has 0 atom stereocenters. The molecule has 0 aliphatic rings. The van der Waals surface area contributed by atoms with Crippen LogP contribution in [-0.4, -0.2) is 26.6 Å². The van der Waals surface area contributed by atoms with E-state index in [1.807, 2.05) is 43.3 Å². The lowest BCUT2D eigenvalue weighted by Gasteiger charge is -2.13. The highest BCUT2D eigenvalue weighted by atomic mass is 35.5. The van der Waals surface area contributed by atoms with Gasteiger partial charge in [0.2, 0.25) is 0 Å². The molecule has 2 aromatic rings. The Hall–Kier alpha value is -2.27. The number of hydrogen-bond donors (Lipinski definition) is 1. The van der Waals surface area contributed by atoms with E-state index in [0.717, 1.165) is 5.69 Å². The second-order valence-electron chi connectivity index (χ2n) is 4.85. The van der Waals surface area contributed by atoms with Crippen molar-refractivity contribution < 1.29 is 13.9 Å². The van der Waals surface area contributed by atoms with Crippen LogP contribution in [0.1, 0.15) is 0 Å². The highest BCUT2D eigenvalue weighted by molar-refractivity contribution is 6.30. The minimum Gasteiger partial charge on any atom is -0.484 e. The first kappa shape index (κ1) is 16.1. The Bertz CT molecular complexity index is 660. The molecule has 0 spiro atoms. The van der Waals surface area contributed by atoms with E-state index >= 15 is 0 Å². The van der Waals surface area contributed by atoms with Crippen molar-refractivity contribution in [3.05, 3.63) is 53.3 Å². The molecule has 6 heteroatoms. The summed E-state index contributed by atoms with van der Waals surface area (Å²) in [6, 6.07) is 11.3. The fraction of sp³-hybridized carbons (Fsp3) is 0.188. The van der Waals surface area contributed by atoms with Gasteiger partial charge in [-0.15, -0.1) is 0 Å². The lowest BCUT2D eigenvalue weighted by molar-refractivity contribution is -0.118. The summed E-state index contributed by atoms with van der Waals surface area (Å²) in [4.78, 5) is 13.8. The van der Waals surface area contributed by atoms with Crippen molar-refractivity contribution in [3.8, 4) is 5.75 Å². The maximum absolute atomic E-state index is 13.0. The van der Waals surface area contributed by atoms with Gasteiger partial charge in [0.1, 0.15) is 11.6 Å². The van der Waals surface area contributed by atoms with E-state index in [-0.39, 0.29) is 17.5 Å². The number of hydrogen-bond acceptors (Lipinski definition) is 3. The average molecular weight is 323 g/mol. The van der Waals surface area contributed by atoms with Gasteiger partial charge >= 0.3 is 0 Å². The maximum atomic E-state index is 13.0. The van der Waals surface area contributed by atoms with Gasteiger partial charge in [0, 0.05) is 31.5 Å². The second kappa shape index (κ2) is 7.13. The molecule has 116 valence electrons. The van der Waals surface area contributed by atoms with Crippen molar-refractivity contribution in [2.45, 2.75) is 0 Å². The molecule has 0 fully saturated rings. The zero-order valence-corrected chi connectivity index (χ0v) is 13.0. The first-order valence-electron chi connectivity index (χ1n) is 6.61. The summed E-state index contributed by atoms with van der Waals surface area (Å²) in [5.74, 6) is -0.498. The first-order chi connectivity index (χ1) is 10.5. The number of carbonyl (C=O) groups excluding carboxylic acids is 1. The van der Waals surface area contributed by atoms with E-state index in [2.05, 4.69) is 5.32 Å². The monoisotopic (exact) mass is 322 g/mol. The predicted molar refractivity (Wildman–Crippen MR) is 86.3 cm³/mol. The Balaban J connectivity index is 1.88. The van der Waals surface area contributed by atoms with Gasteiger partial charge in [0.05, 0.1) is 5.02 Å². The van der Waals surface area contributed by atoms with Crippen LogP contribution in [-0.2, 0) is 4.79 Å². The molecule has 4 nitrogen and oxygen atoms in total. The summed E-state index contributed by atoms with van der Waals surface area (Å²) in [5.41, 5.74) is 1.71. The fourth-order valence-corrected chi connectivity index (χ4v) is 1.93. The van der Waals surface area contributed by atoms with Gasteiger partial charge in [0.15, 0.2) is 6.61 Å². The Morgan fingerprint density at radius 1 is 1.23 bits per heavy atom. The fourth-order valence-electron chi connectivity index (χ4n) is 1.76. The largest absolute Gasteiger partial charge is 0.484 e. The Morgan fingerprint density at radius 3 is 2.50 bits per heavy atom. The summed E-state index contributed by atoms with van der Waals surface area (Å²) in [7, 11) is 3.88. The third kappa shape index (κ3) is 4.36. The zero-order chi connectivity index (χ0) is 16.1. The molecule has 0 saturated carbocycles. The minimum atomic E-state index is -0.528. The molecule has 1 N–H and O–H groups in total. The molecule has 0 bridgehead atoms. The summed E-state index contributed by atoms with van der Waals surface area (Å²) >= 11 is 5.64. The molecule has 2 rings (SSSR count). The number of anilines is 2. The van der Waals surface area contributed by atoms with Crippen LogP contribution in [0.15, 0.2) is 42.5 Å². The van der Waals surface area contributed by atoms with E-state index in [4.69, 9.17) is 16.3 Å². The van der Waals surface area contributed by atoms with Gasteiger partial charge in [-0.2, -0.15) is 0 Å². The standard InChI is InChI=1S/C16H16ClFN2O2/c1-20(2)12-5-3-11(4-6-12)19-16(21)10-22-13-7-8-15(18)14(17)9-13/h3-9H,10H2,1-2H3,(H,19,21). The quantitative estimate of drug-likeness (QED) is 0.915. The van der Waals surface area contributed by atoms with Crippen LogP contribution in [0.2, 0.25) is 5.02 Å². The molecule has 0 aromatic heterocycles. The Kier molecular flexibility index (Phi) is 5.22. The molecule has 0 aliphatic carbocycles. The molecule has 0 radical (unpaired) electrons. The smallest absolute Gasteiger partial charge is 0.262 e. The normalized spacial score (nSPS) is 10.2. The number of nitrogens with one attached hydrogen (secondary N) is 1. The van der Waals surface area contributed by atoms with Crippen LogP contribution in [0.4, 0.5) is 15.8 Å². The van der Waals surface area contributed by atoms with E-state index in [1.54, 1.807) is 0 Å². The number of carbonyl (C=O) groups is 1. The van der Waals surface area contributed by atoms with Crippen LogP contribution in [0, 0.1) is 5.82 Å². The molecule has 22 heavy (non-hydrogen) atoms. The van der Waals surface area contributed by atoms with E-state index < -0.39 is 5.82 Å². The first-order valence-corrected chi connectivity index (χ1v) is 6.98. The zero-order valence-electron chi connectivity index (χ0n) is 12.3. The van der Waals surface area contributed by atoms with Gasteiger partial charge in [-0.05, 0) is 36.4 Å². The lowest BCUT2D eigenvalue weighted by atomic mass is 10.2. The van der Waals surface area contributed by atoms with Crippen molar-refractivity contribution in [2.24, 2.45) is 0 Å². The van der Waals surface area contributed by atoms with Crippen molar-refractivity contribution >= 4 is 28.9 Å². The highest BCUT2D eigenvalue weighted by Gasteiger charge is 2.06. The van der Waals surface area contributed by atoms with Gasteiger partial charge < -0.3 is 15.0 Å². The third-order valence-electron chi connectivity index (χ3n) is 2.93. The van der Waals surface area contributed by atoms with Crippen LogP contribution in [0.5, 0.6) is 5.75 Å². The molecule has 1 amide bonds. The molecular weight excluding hydrogens is 307 g/mol. The van der Waals surface area contributed by atoms with Crippen molar-refractivity contribution in [3.63, 3.8) is 0 Å². The van der Waals surface area contributed by atoms with Crippen LogP contribution in [0.25, 0.3) is 0 Å². The van der Waals surface area contributed by atoms with E-state index in [0.29, 0.717) is 11.4 Å². The van der Waals surface area contributed by atoms with Gasteiger partial charge in [-0.3, -0.25) is 4.79 Å². The molecule has 0 saturated heterocycles. The number of nitrogens with zero attached hydrogens (tertiary/aromatic N) is 1. The Labute approximate surface area is 133 Å². The second-order valence-corrected chi connectivity index (χ2v) is 5.26. The summed E-state index contributed by atoms with van der Waals surface area (Å²) < 4.78 is 18.3. The number of ether oxygens (including phenoxy) is 1. The lowest BCUT2D eigenvalue weighted by Crippen LogP contribution is -2.20. The topological polar surface area (TPSA) is 41.6 Å². The SMILES string of the molecule is CN(C)c1ccc(NC(=O)COc2ccc(F)c(Cl)c2)cc1. The van der Waals surface area contributed by atoms with Crippen LogP contribution in [0.3, 0.4) is 0 Å². The van der Waals surface area contributed by atoms with Crippen LogP contribution < -0.4 is 15.0 Å². The molecule has 0 aliphatic heterocycles. The van der Waals surface area contributed by atoms with Crippen molar-refractivity contribution in [2.75, 3.05) is 30.9 Å². The van der Waals surface area contributed by atoms with Gasteiger partial charge in [-0.1, -0.05) is 11.6 Å².